The van der Waals surface area contributed by atoms with E-state index in [0.29, 0.717) is 12.1 Å². The van der Waals surface area contributed by atoms with Crippen molar-refractivity contribution in [3.63, 3.8) is 0 Å². The highest BCUT2D eigenvalue weighted by atomic mass is 15.2. The number of hydrogen-bond donors (Lipinski definition) is 2. The Hall–Kier alpha value is -1.35. The van der Waals surface area contributed by atoms with E-state index >= 15 is 0 Å². The summed E-state index contributed by atoms with van der Waals surface area (Å²) < 4.78 is 0. The minimum Gasteiger partial charge on any atom is -0.382 e. The van der Waals surface area contributed by atoms with Crippen LogP contribution in [0.3, 0.4) is 0 Å². The molecule has 1 fully saturated rings. The molecule has 1 aliphatic rings. The molecule has 1 saturated heterocycles. The van der Waals surface area contributed by atoms with Crippen LogP contribution in [0.1, 0.15) is 37.8 Å². The monoisotopic (exact) mass is 259 g/mol. The lowest BCUT2D eigenvalue weighted by Gasteiger charge is -2.35. The second-order valence-corrected chi connectivity index (χ2v) is 5.73. The molecule has 1 heterocycles. The predicted molar refractivity (Wildman–Crippen MR) is 82.4 cm³/mol. The van der Waals surface area contributed by atoms with Crippen molar-refractivity contribution in [2.24, 2.45) is 0 Å². The maximum atomic E-state index is 7.56. The molecule has 1 aliphatic heterocycles. The summed E-state index contributed by atoms with van der Waals surface area (Å²) in [4.78, 5) is 2.53. The minimum atomic E-state index is 0.538. The first kappa shape index (κ1) is 14.1. The average molecular weight is 259 g/mol. The fourth-order valence-corrected chi connectivity index (χ4v) is 2.78. The Balaban J connectivity index is 2.00. The number of nitrogens with zero attached hydrogens (tertiary/aromatic N) is 1. The van der Waals surface area contributed by atoms with Crippen molar-refractivity contribution < 1.29 is 0 Å². The van der Waals surface area contributed by atoms with Gasteiger partial charge in [-0.15, -0.1) is 0 Å². The van der Waals surface area contributed by atoms with Gasteiger partial charge >= 0.3 is 0 Å². The third-order valence-electron chi connectivity index (χ3n) is 4.09. The third kappa shape index (κ3) is 3.35. The molecule has 2 N–H and O–H groups in total. The summed E-state index contributed by atoms with van der Waals surface area (Å²) in [5.41, 5.74) is 3.30. The second kappa shape index (κ2) is 6.20. The van der Waals surface area contributed by atoms with E-state index in [-0.39, 0.29) is 0 Å². The molecule has 0 atom stereocenters. The van der Waals surface area contributed by atoms with Crippen LogP contribution in [0.4, 0.5) is 5.69 Å². The van der Waals surface area contributed by atoms with Crippen molar-refractivity contribution in [2.45, 2.75) is 45.7 Å². The molecule has 0 amide bonds. The fraction of sp³-hybridized carbons (Fsp3) is 0.562. The van der Waals surface area contributed by atoms with Crippen LogP contribution in [0, 0.1) is 12.3 Å². The normalized spacial score (nSPS) is 17.7. The van der Waals surface area contributed by atoms with Crippen molar-refractivity contribution in [3.8, 4) is 0 Å². The van der Waals surface area contributed by atoms with E-state index in [4.69, 9.17) is 5.41 Å². The molecule has 2 rings (SSSR count). The molecule has 0 spiro atoms. The molecule has 3 heteroatoms. The van der Waals surface area contributed by atoms with Crippen molar-refractivity contribution in [1.82, 2.24) is 4.90 Å². The zero-order chi connectivity index (χ0) is 13.8. The van der Waals surface area contributed by atoms with Gasteiger partial charge in [-0.05, 0) is 45.2 Å². The Labute approximate surface area is 116 Å². The van der Waals surface area contributed by atoms with E-state index in [1.807, 2.05) is 0 Å². The quantitative estimate of drug-likeness (QED) is 0.815. The molecule has 0 bridgehead atoms. The average Bonchev–Trinajstić information content (AvgIpc) is 2.39. The number of hydrogen-bond acceptors (Lipinski definition) is 3. The molecule has 104 valence electrons. The number of anilines is 1. The predicted octanol–water partition coefficient (Wildman–Crippen LogP) is 3.28. The molecular formula is C16H25N3. The zero-order valence-corrected chi connectivity index (χ0v) is 12.2. The summed E-state index contributed by atoms with van der Waals surface area (Å²) in [5.74, 6) is 0. The summed E-state index contributed by atoms with van der Waals surface area (Å²) >= 11 is 0. The number of benzene rings is 1. The Bertz CT molecular complexity index is 432. The largest absolute Gasteiger partial charge is 0.382 e. The lowest BCUT2D eigenvalue weighted by atomic mass is 10.0. The molecular weight excluding hydrogens is 234 g/mol. The van der Waals surface area contributed by atoms with Crippen LogP contribution >= 0.6 is 0 Å². The van der Waals surface area contributed by atoms with Crippen LogP contribution in [-0.2, 0) is 0 Å². The van der Waals surface area contributed by atoms with Crippen molar-refractivity contribution in [3.05, 3.63) is 29.3 Å². The highest BCUT2D eigenvalue weighted by Gasteiger charge is 2.21. The molecule has 19 heavy (non-hydrogen) atoms. The van der Waals surface area contributed by atoms with Crippen LogP contribution in [0.25, 0.3) is 0 Å². The van der Waals surface area contributed by atoms with Gasteiger partial charge in [-0.25, -0.2) is 0 Å². The van der Waals surface area contributed by atoms with Gasteiger partial charge in [0, 0.05) is 42.6 Å². The van der Waals surface area contributed by atoms with Gasteiger partial charge in [0.2, 0.25) is 0 Å². The Morgan fingerprint density at radius 1 is 1.32 bits per heavy atom. The number of aryl methyl sites for hydroxylation is 1. The van der Waals surface area contributed by atoms with E-state index in [0.717, 1.165) is 11.3 Å². The highest BCUT2D eigenvalue weighted by molar-refractivity contribution is 5.87. The first-order chi connectivity index (χ1) is 9.11. The third-order valence-corrected chi connectivity index (χ3v) is 4.09. The van der Waals surface area contributed by atoms with Crippen LogP contribution in [0.2, 0.25) is 0 Å². The summed E-state index contributed by atoms with van der Waals surface area (Å²) in [6.45, 7) is 8.93. The maximum Gasteiger partial charge on any atom is 0.0434 e. The van der Waals surface area contributed by atoms with Gasteiger partial charge in [-0.3, -0.25) is 0 Å². The minimum absolute atomic E-state index is 0.538. The number of nitrogens with one attached hydrogen (secondary N) is 2. The van der Waals surface area contributed by atoms with Gasteiger partial charge in [0.05, 0.1) is 0 Å². The van der Waals surface area contributed by atoms with E-state index in [1.165, 1.54) is 37.7 Å². The van der Waals surface area contributed by atoms with Gasteiger partial charge in [-0.1, -0.05) is 12.1 Å². The van der Waals surface area contributed by atoms with Crippen LogP contribution in [-0.4, -0.2) is 36.3 Å². The van der Waals surface area contributed by atoms with E-state index in [9.17, 15) is 0 Å². The summed E-state index contributed by atoms with van der Waals surface area (Å²) in [6, 6.07) is 7.40. The molecule has 0 saturated carbocycles. The lowest BCUT2D eigenvalue weighted by molar-refractivity contribution is 0.177. The molecule has 1 aromatic carbocycles. The first-order valence-corrected chi connectivity index (χ1v) is 7.22. The van der Waals surface area contributed by atoms with Gasteiger partial charge in [0.25, 0.3) is 0 Å². The molecule has 3 nitrogen and oxygen atoms in total. The SMILES string of the molecule is Cc1cccc(NC2CCN(C(C)C)CC2)c1C=N. The van der Waals surface area contributed by atoms with E-state index in [2.05, 4.69) is 49.2 Å². The second-order valence-electron chi connectivity index (χ2n) is 5.73. The molecule has 1 aromatic rings. The van der Waals surface area contributed by atoms with Crippen LogP contribution < -0.4 is 5.32 Å². The van der Waals surface area contributed by atoms with Crippen LogP contribution in [0.15, 0.2) is 18.2 Å². The summed E-state index contributed by atoms with van der Waals surface area (Å²) in [5, 5.41) is 11.2. The van der Waals surface area contributed by atoms with Gasteiger partial charge < -0.3 is 15.6 Å². The Morgan fingerprint density at radius 3 is 2.58 bits per heavy atom. The highest BCUT2D eigenvalue weighted by Crippen LogP contribution is 2.22. The lowest BCUT2D eigenvalue weighted by Crippen LogP contribution is -2.42. The zero-order valence-electron chi connectivity index (χ0n) is 12.2. The standard InChI is InChI=1S/C16H25N3/c1-12(2)19-9-7-14(8-10-19)18-16-6-4-5-13(3)15(16)11-17/h4-6,11-12,14,17-18H,7-10H2,1-3H3. The van der Waals surface area contributed by atoms with Crippen molar-refractivity contribution >= 4 is 11.9 Å². The van der Waals surface area contributed by atoms with Crippen molar-refractivity contribution in [1.29, 1.82) is 5.41 Å². The summed E-state index contributed by atoms with van der Waals surface area (Å²) in [6.07, 6.45) is 3.83. The van der Waals surface area contributed by atoms with Gasteiger partial charge in [0.15, 0.2) is 0 Å². The number of piperidine rings is 1. The maximum absolute atomic E-state index is 7.56. The molecule has 0 aromatic heterocycles. The van der Waals surface area contributed by atoms with E-state index < -0.39 is 0 Å². The topological polar surface area (TPSA) is 39.1 Å². The van der Waals surface area contributed by atoms with Crippen LogP contribution in [0.5, 0.6) is 0 Å². The van der Waals surface area contributed by atoms with Gasteiger partial charge in [-0.2, -0.15) is 0 Å². The number of rotatable bonds is 4. The Morgan fingerprint density at radius 2 is 2.00 bits per heavy atom. The molecule has 0 aliphatic carbocycles. The van der Waals surface area contributed by atoms with Gasteiger partial charge in [0.1, 0.15) is 0 Å². The molecule has 0 unspecified atom stereocenters. The smallest absolute Gasteiger partial charge is 0.0434 e. The molecule has 0 radical (unpaired) electrons. The fourth-order valence-electron chi connectivity index (χ4n) is 2.78. The number of likely N-dealkylation sites (tertiary alicyclic amines) is 1. The van der Waals surface area contributed by atoms with E-state index in [1.54, 1.807) is 0 Å². The Kier molecular flexibility index (Phi) is 4.59. The van der Waals surface area contributed by atoms with Crippen molar-refractivity contribution in [2.75, 3.05) is 18.4 Å². The summed E-state index contributed by atoms with van der Waals surface area (Å²) in [7, 11) is 0. The first-order valence-electron chi connectivity index (χ1n) is 7.22.